The monoisotopic (exact) mass is 300 g/mol. The fourth-order valence-electron chi connectivity index (χ4n) is 0.761. The average Bonchev–Trinajstić information content (AvgIpc) is 2.25. The van der Waals surface area contributed by atoms with Crippen LogP contribution in [0.5, 0.6) is 0 Å². The number of aliphatic hydroxyl groups is 2. The van der Waals surface area contributed by atoms with Gasteiger partial charge < -0.3 is 20.4 Å². The molecule has 0 unspecified atom stereocenters. The number of carbonyl (C=O) groups is 2. The van der Waals surface area contributed by atoms with Crippen LogP contribution in [0.2, 0.25) is 0 Å². The Bertz CT molecular complexity index is 206. The Morgan fingerprint density at radius 2 is 1.44 bits per heavy atom. The average molecular weight is 300 g/mol. The first-order chi connectivity index (χ1) is 8.40. The smallest absolute Gasteiger partial charge is 0.314 e. The van der Waals surface area contributed by atoms with E-state index in [4.69, 9.17) is 20.4 Å². The van der Waals surface area contributed by atoms with E-state index in [1.807, 2.05) is 0 Å². The van der Waals surface area contributed by atoms with E-state index < -0.39 is 18.2 Å². The van der Waals surface area contributed by atoms with Gasteiger partial charge in [0.25, 0.3) is 0 Å². The van der Waals surface area contributed by atoms with Crippen molar-refractivity contribution in [1.82, 2.24) is 0 Å². The maximum atomic E-state index is 9.86. The molecule has 0 radical (unpaired) electrons. The van der Waals surface area contributed by atoms with Gasteiger partial charge in [-0.1, -0.05) is 41.4 Å². The summed E-state index contributed by atoms with van der Waals surface area (Å²) in [6.45, 7) is 2.09. The lowest BCUT2D eigenvalue weighted by Crippen LogP contribution is -2.02. The first-order valence-electron chi connectivity index (χ1n) is 5.44. The van der Waals surface area contributed by atoms with Crippen LogP contribution in [0.15, 0.2) is 0 Å². The number of aliphatic carboxylic acids is 2. The zero-order chi connectivity index (χ0) is 14.4. The highest BCUT2D eigenvalue weighted by Gasteiger charge is 2.00. The van der Waals surface area contributed by atoms with Gasteiger partial charge in [-0.15, -0.1) is 0 Å². The summed E-state index contributed by atoms with van der Waals surface area (Å²) in [5, 5.41) is 32.9. The van der Waals surface area contributed by atoms with Gasteiger partial charge in [-0.05, 0) is 12.8 Å². The van der Waals surface area contributed by atoms with Crippen LogP contribution in [0.1, 0.15) is 32.6 Å². The van der Waals surface area contributed by atoms with Crippen molar-refractivity contribution in [1.29, 1.82) is 0 Å². The van der Waals surface area contributed by atoms with Crippen LogP contribution < -0.4 is 0 Å². The fourth-order valence-corrected chi connectivity index (χ4v) is 2.23. The van der Waals surface area contributed by atoms with Gasteiger partial charge in [-0.2, -0.15) is 0 Å². The molecule has 0 aromatic carbocycles. The molecule has 108 valence electrons. The number of carboxylic acid groups (broad SMARTS) is 2. The Balaban J connectivity index is 0. The van der Waals surface area contributed by atoms with E-state index in [-0.39, 0.29) is 11.5 Å². The molecule has 0 aromatic heterocycles. The van der Waals surface area contributed by atoms with Crippen molar-refractivity contribution in [3.05, 3.63) is 0 Å². The highest BCUT2D eigenvalue weighted by Crippen LogP contribution is 2.19. The molecule has 0 amide bonds. The van der Waals surface area contributed by atoms with E-state index in [9.17, 15) is 9.59 Å². The third-order valence-electron chi connectivity index (χ3n) is 1.51. The Morgan fingerprint density at radius 3 is 1.72 bits per heavy atom. The number of rotatable bonds is 9. The third kappa shape index (κ3) is 24.7. The van der Waals surface area contributed by atoms with Crippen molar-refractivity contribution >= 4 is 33.5 Å². The van der Waals surface area contributed by atoms with Crippen LogP contribution in [-0.2, 0) is 9.59 Å². The van der Waals surface area contributed by atoms with E-state index >= 15 is 0 Å². The van der Waals surface area contributed by atoms with Gasteiger partial charge >= 0.3 is 11.9 Å². The normalized spacial score (nSPS) is 9.78. The molecule has 0 heterocycles. The molecule has 0 aliphatic heterocycles. The van der Waals surface area contributed by atoms with E-state index in [0.717, 1.165) is 40.9 Å². The molecular formula is C10H20O6S2. The van der Waals surface area contributed by atoms with Crippen LogP contribution in [0.3, 0.4) is 0 Å². The molecule has 0 fully saturated rings. The van der Waals surface area contributed by atoms with Gasteiger partial charge in [0.1, 0.15) is 11.5 Å². The summed E-state index contributed by atoms with van der Waals surface area (Å²) in [7, 11) is 2.05. The zero-order valence-corrected chi connectivity index (χ0v) is 11.9. The van der Waals surface area contributed by atoms with Crippen molar-refractivity contribution < 1.29 is 30.0 Å². The highest BCUT2D eigenvalue weighted by molar-refractivity contribution is 8.77. The van der Waals surface area contributed by atoms with Gasteiger partial charge in [-0.3, -0.25) is 9.59 Å². The second-order valence-corrected chi connectivity index (χ2v) is 5.75. The molecule has 0 saturated heterocycles. The van der Waals surface area contributed by atoms with E-state index in [0.29, 0.717) is 6.42 Å². The van der Waals surface area contributed by atoms with Crippen molar-refractivity contribution in [3.8, 4) is 0 Å². The van der Waals surface area contributed by atoms with Crippen LogP contribution in [0, 0.1) is 0 Å². The molecule has 0 saturated carbocycles. The minimum atomic E-state index is -1.10. The minimum absolute atomic E-state index is 0.0576. The molecule has 0 atom stereocenters. The van der Waals surface area contributed by atoms with Crippen molar-refractivity contribution in [2.45, 2.75) is 38.9 Å². The maximum absolute atomic E-state index is 9.86. The molecular weight excluding hydrogens is 280 g/mol. The summed E-state index contributed by atoms with van der Waals surface area (Å²) < 4.78 is 0. The molecule has 0 rings (SSSR count). The topological polar surface area (TPSA) is 115 Å². The summed E-state index contributed by atoms with van der Waals surface area (Å²) in [5.74, 6) is -1.97. The molecule has 0 aliphatic rings. The largest absolute Gasteiger partial charge is 0.481 e. The molecule has 4 N–H and O–H groups in total. The Kier molecular flexibility index (Phi) is 16.2. The summed E-state index contributed by atoms with van der Waals surface area (Å²) in [5.41, 5.74) is 0. The van der Waals surface area contributed by atoms with Crippen LogP contribution >= 0.6 is 21.6 Å². The quantitative estimate of drug-likeness (QED) is 0.287. The van der Waals surface area contributed by atoms with Gasteiger partial charge in [0, 0.05) is 0 Å². The minimum Gasteiger partial charge on any atom is -0.481 e. The number of hydrogen-bond donors (Lipinski definition) is 4. The van der Waals surface area contributed by atoms with Crippen molar-refractivity contribution in [3.63, 3.8) is 0 Å². The van der Waals surface area contributed by atoms with Gasteiger partial charge in [-0.25, -0.2) is 0 Å². The fraction of sp³-hybridized carbons (Fsp3) is 0.800. The highest BCUT2D eigenvalue weighted by atomic mass is 33.1. The molecule has 18 heavy (non-hydrogen) atoms. The second kappa shape index (κ2) is 14.6. The maximum Gasteiger partial charge on any atom is 0.314 e. The zero-order valence-electron chi connectivity index (χ0n) is 10.2. The number of hydrogen-bond acceptors (Lipinski definition) is 6. The van der Waals surface area contributed by atoms with Crippen LogP contribution in [0.4, 0.5) is 0 Å². The molecule has 0 aromatic rings. The Hall–Kier alpha value is -0.440. The van der Waals surface area contributed by atoms with Crippen LogP contribution in [-0.4, -0.2) is 50.2 Å². The number of unbranched alkanes of at least 4 members (excludes halogenated alkanes) is 2. The first-order valence-corrected chi connectivity index (χ1v) is 7.93. The number of aliphatic hydroxyl groups excluding tert-OH is 1. The SMILES string of the molecule is CCCCCC(O)O.O=C(O)CSSCC(=O)O. The summed E-state index contributed by atoms with van der Waals surface area (Å²) in [6.07, 6.45) is 2.58. The summed E-state index contributed by atoms with van der Waals surface area (Å²) in [6, 6.07) is 0. The number of carboxylic acids is 2. The summed E-state index contributed by atoms with van der Waals surface area (Å²) >= 11 is 0. The van der Waals surface area contributed by atoms with Gasteiger partial charge in [0.15, 0.2) is 6.29 Å². The molecule has 0 bridgehead atoms. The van der Waals surface area contributed by atoms with Gasteiger partial charge in [0.2, 0.25) is 0 Å². The van der Waals surface area contributed by atoms with Crippen LogP contribution in [0.25, 0.3) is 0 Å². The lowest BCUT2D eigenvalue weighted by molar-refractivity contribution is -0.135. The van der Waals surface area contributed by atoms with E-state index in [2.05, 4.69) is 6.92 Å². The predicted molar refractivity (Wildman–Crippen MR) is 72.6 cm³/mol. The molecule has 8 heteroatoms. The lowest BCUT2D eigenvalue weighted by Gasteiger charge is -1.99. The van der Waals surface area contributed by atoms with E-state index in [1.165, 1.54) is 0 Å². The summed E-state index contributed by atoms with van der Waals surface area (Å²) in [4.78, 5) is 19.7. The van der Waals surface area contributed by atoms with Crippen molar-refractivity contribution in [2.75, 3.05) is 11.5 Å². The second-order valence-electron chi connectivity index (χ2n) is 3.29. The standard InChI is InChI=1S/C6H14O2.C4H6O4S2/c1-2-3-4-5-6(7)8;5-3(6)1-9-10-2-4(7)8/h6-8H,2-5H2,1H3;1-2H2,(H,5,6)(H,7,8). The Labute approximate surface area is 114 Å². The Morgan fingerprint density at radius 1 is 1.00 bits per heavy atom. The van der Waals surface area contributed by atoms with E-state index in [1.54, 1.807) is 0 Å². The lowest BCUT2D eigenvalue weighted by atomic mass is 10.2. The molecule has 6 nitrogen and oxygen atoms in total. The molecule has 0 aliphatic carbocycles. The first kappa shape index (κ1) is 19.9. The third-order valence-corrected chi connectivity index (χ3v) is 3.62. The van der Waals surface area contributed by atoms with Gasteiger partial charge in [0.05, 0.1) is 0 Å². The van der Waals surface area contributed by atoms with Crippen molar-refractivity contribution in [2.24, 2.45) is 0 Å². The molecule has 0 spiro atoms. The predicted octanol–water partition coefficient (Wildman–Crippen LogP) is 1.41.